The molecular formula is C23H40ClKN4O7. The molecule has 3 N–H and O–H groups in total. The third-order valence-electron chi connectivity index (χ3n) is 3.17. The van der Waals surface area contributed by atoms with E-state index in [9.17, 15) is 19.5 Å². The van der Waals surface area contributed by atoms with Crippen molar-refractivity contribution in [1.29, 1.82) is 5.41 Å². The first-order valence-corrected chi connectivity index (χ1v) is 10.1. The van der Waals surface area contributed by atoms with Crippen LogP contribution in [0.2, 0.25) is 0 Å². The molecule has 0 radical (unpaired) electrons. The summed E-state index contributed by atoms with van der Waals surface area (Å²) in [6.07, 6.45) is 0. The number of amidine groups is 1. The van der Waals surface area contributed by atoms with E-state index in [1.807, 2.05) is 0 Å². The quantitative estimate of drug-likeness (QED) is 0.0706. The molecule has 0 saturated carbocycles. The fourth-order valence-corrected chi connectivity index (χ4v) is 2.02. The fraction of sp³-hybridized carbons (Fsp3) is 0.565. The second-order valence-corrected chi connectivity index (χ2v) is 7.79. The van der Waals surface area contributed by atoms with Crippen LogP contribution in [-0.2, 0) is 23.8 Å². The second kappa shape index (κ2) is 22.8. The minimum Gasteiger partial charge on any atom is -0.850 e. The molecule has 0 aromatic carbocycles. The Bertz CT molecular complexity index is 853. The summed E-state index contributed by atoms with van der Waals surface area (Å²) in [5, 5.41) is 16.4. The van der Waals surface area contributed by atoms with E-state index < -0.39 is 11.6 Å². The summed E-state index contributed by atoms with van der Waals surface area (Å²) in [7, 11) is 3.95. The van der Waals surface area contributed by atoms with E-state index in [0.29, 0.717) is 22.8 Å². The van der Waals surface area contributed by atoms with Gasteiger partial charge in [0, 0.05) is 0 Å². The molecule has 1 heterocycles. The number of allylic oxidation sites excluding steroid dienone is 1. The van der Waals surface area contributed by atoms with E-state index in [0.717, 1.165) is 0 Å². The number of carbonyl (C=O) groups excluding carboxylic acids is 3. The monoisotopic (exact) mass is 558 g/mol. The number of esters is 2. The van der Waals surface area contributed by atoms with E-state index in [2.05, 4.69) is 19.4 Å². The predicted octanol–water partition coefficient (Wildman–Crippen LogP) is -0.629. The first-order valence-electron chi connectivity index (χ1n) is 10.1. The van der Waals surface area contributed by atoms with Gasteiger partial charge in [0.2, 0.25) is 0 Å². The molecule has 1 aromatic rings. The molecule has 0 spiro atoms. The van der Waals surface area contributed by atoms with Crippen molar-refractivity contribution in [3.05, 3.63) is 34.1 Å². The summed E-state index contributed by atoms with van der Waals surface area (Å²) in [5.41, 5.74) is 5.70. The van der Waals surface area contributed by atoms with E-state index in [-0.39, 0.29) is 92.7 Å². The van der Waals surface area contributed by atoms with Crippen LogP contribution >= 0.6 is 12.4 Å². The summed E-state index contributed by atoms with van der Waals surface area (Å²) in [5.74, 6) is -0.296. The number of hydrogen-bond acceptors (Lipinski definition) is 10. The van der Waals surface area contributed by atoms with Crippen LogP contribution in [0.3, 0.4) is 0 Å². The van der Waals surface area contributed by atoms with Gasteiger partial charge in [-0.25, -0.2) is 19.6 Å². The van der Waals surface area contributed by atoms with Crippen molar-refractivity contribution in [2.45, 2.75) is 67.9 Å². The Morgan fingerprint density at radius 2 is 1.22 bits per heavy atom. The number of nitrogens with two attached hydrogens (primary N) is 1. The minimum atomic E-state index is -0.750. The Hall–Kier alpha value is -1.41. The van der Waals surface area contributed by atoms with E-state index in [1.165, 1.54) is 42.1 Å². The largest absolute Gasteiger partial charge is 1.00 e. The van der Waals surface area contributed by atoms with Gasteiger partial charge in [0.15, 0.2) is 5.78 Å². The maximum absolute atomic E-state index is 11.3. The van der Waals surface area contributed by atoms with Gasteiger partial charge in [0.25, 0.3) is 0 Å². The standard InChI is InChI=1S/C9H12N2O2.C8H12O4.C4H9O.C2H6N2.ClH.K/c1-5-8(9(12)13-4)6(2)11-7(3)10-5;1-5(9)7(6(2)11-3)8(10)12-4;1-4(2,3)5;1-2(3)4;;/h1-4H3;1-4H3;1-3H3;1H3,(H3,3,4);1H;/q;;-1;;;+1. The zero-order chi connectivity index (χ0) is 27.8. The van der Waals surface area contributed by atoms with Gasteiger partial charge in [-0.3, -0.25) is 10.2 Å². The topological polar surface area (TPSA) is 178 Å². The van der Waals surface area contributed by atoms with Crippen molar-refractivity contribution < 1.29 is 85.1 Å². The van der Waals surface area contributed by atoms with Gasteiger partial charge in [-0.05, 0) is 41.5 Å². The van der Waals surface area contributed by atoms with Gasteiger partial charge in [-0.2, -0.15) is 0 Å². The number of rotatable bonds is 4. The second-order valence-electron chi connectivity index (χ2n) is 7.79. The van der Waals surface area contributed by atoms with Gasteiger partial charge < -0.3 is 25.1 Å². The van der Waals surface area contributed by atoms with E-state index in [1.54, 1.807) is 41.5 Å². The van der Waals surface area contributed by atoms with Crippen molar-refractivity contribution in [1.82, 2.24) is 9.97 Å². The number of ketones is 1. The molecule has 1 rings (SSSR count). The number of ether oxygens (including phenoxy) is 3. The maximum Gasteiger partial charge on any atom is 1.00 e. The summed E-state index contributed by atoms with van der Waals surface area (Å²) < 4.78 is 13.8. The molecule has 11 nitrogen and oxygen atoms in total. The third kappa shape index (κ3) is 24.3. The summed E-state index contributed by atoms with van der Waals surface area (Å²) >= 11 is 0. The number of aryl methyl sites for hydroxylation is 3. The molecule has 0 unspecified atom stereocenters. The maximum atomic E-state index is 11.3. The van der Waals surface area contributed by atoms with Crippen LogP contribution in [0.15, 0.2) is 11.3 Å². The van der Waals surface area contributed by atoms with Crippen LogP contribution in [0.4, 0.5) is 0 Å². The van der Waals surface area contributed by atoms with Crippen LogP contribution in [-0.4, -0.2) is 60.5 Å². The molecule has 1 aromatic heterocycles. The van der Waals surface area contributed by atoms with E-state index in [4.69, 9.17) is 15.9 Å². The number of nitrogens with one attached hydrogen (secondary N) is 1. The Kier molecular flexibility index (Phi) is 28.2. The van der Waals surface area contributed by atoms with Crippen LogP contribution in [0.5, 0.6) is 0 Å². The molecule has 0 aliphatic carbocycles. The van der Waals surface area contributed by atoms with Crippen LogP contribution in [0, 0.1) is 26.2 Å². The molecule has 202 valence electrons. The average Bonchev–Trinajstić information content (AvgIpc) is 2.65. The number of halogens is 1. The van der Waals surface area contributed by atoms with E-state index >= 15 is 0 Å². The van der Waals surface area contributed by atoms with Gasteiger partial charge in [-0.1, -0.05) is 20.8 Å². The molecule has 0 amide bonds. The fourth-order valence-electron chi connectivity index (χ4n) is 2.02. The molecule has 0 saturated heterocycles. The average molecular weight is 559 g/mol. The molecule has 13 heteroatoms. The zero-order valence-corrected chi connectivity index (χ0v) is 27.7. The Morgan fingerprint density at radius 3 is 1.44 bits per heavy atom. The van der Waals surface area contributed by atoms with Crippen LogP contribution in [0.25, 0.3) is 0 Å². The van der Waals surface area contributed by atoms with Gasteiger partial charge >= 0.3 is 63.3 Å². The molecule has 0 atom stereocenters. The predicted molar refractivity (Wildman–Crippen MR) is 135 cm³/mol. The number of nitrogens with zero attached hydrogens (tertiary/aromatic N) is 2. The number of Topliss-reactive ketones (excluding diaryl/α,β-unsaturated/α-hetero) is 1. The zero-order valence-electron chi connectivity index (χ0n) is 23.7. The van der Waals surface area contributed by atoms with Crippen molar-refractivity contribution >= 4 is 36.0 Å². The first kappa shape index (κ1) is 44.6. The molecule has 0 bridgehead atoms. The van der Waals surface area contributed by atoms with Gasteiger partial charge in [0.05, 0.1) is 38.6 Å². The van der Waals surface area contributed by atoms with Crippen molar-refractivity contribution in [2.24, 2.45) is 5.73 Å². The third-order valence-corrected chi connectivity index (χ3v) is 3.17. The summed E-state index contributed by atoms with van der Waals surface area (Å²) in [6, 6.07) is 0. The summed E-state index contributed by atoms with van der Waals surface area (Å²) in [6.45, 7) is 14.6. The summed E-state index contributed by atoms with van der Waals surface area (Å²) in [4.78, 5) is 41.3. The van der Waals surface area contributed by atoms with Gasteiger partial charge in [-0.15, -0.1) is 18.0 Å². The normalized spacial score (nSPS) is 9.81. The minimum absolute atomic E-state index is 0. The molecule has 0 aliphatic heterocycles. The first-order chi connectivity index (χ1) is 15.3. The molecule has 0 aliphatic rings. The smallest absolute Gasteiger partial charge is 0.850 e. The number of carbonyl (C=O) groups is 3. The Balaban J connectivity index is -0.000000129. The molecule has 36 heavy (non-hydrogen) atoms. The van der Waals surface area contributed by atoms with Crippen molar-refractivity contribution in [3.8, 4) is 0 Å². The number of aromatic nitrogens is 2. The number of hydrogen-bond donors (Lipinski definition) is 2. The molecular weight excluding hydrogens is 519 g/mol. The van der Waals surface area contributed by atoms with Crippen LogP contribution < -0.4 is 62.2 Å². The van der Waals surface area contributed by atoms with Crippen molar-refractivity contribution in [2.75, 3.05) is 21.3 Å². The Morgan fingerprint density at radius 1 is 0.889 bits per heavy atom. The van der Waals surface area contributed by atoms with Crippen molar-refractivity contribution in [3.63, 3.8) is 0 Å². The number of methoxy groups -OCH3 is 3. The SMILES string of the molecule is CC(=N)N.CC(C)(C)[O-].COC(=O)C(C(C)=O)=C(C)OC.COC(=O)c1c(C)nc(C)nc1C.Cl.[K+]. The molecule has 0 fully saturated rings. The van der Waals surface area contributed by atoms with Crippen LogP contribution in [0.1, 0.15) is 69.1 Å². The van der Waals surface area contributed by atoms with Gasteiger partial charge in [0.1, 0.15) is 22.7 Å². The Labute approximate surface area is 263 Å².